The Morgan fingerprint density at radius 3 is 2.29 bits per heavy atom. The van der Waals surface area contributed by atoms with E-state index in [0.717, 1.165) is 6.42 Å². The molecule has 0 aliphatic heterocycles. The highest BCUT2D eigenvalue weighted by Crippen LogP contribution is 2.25. The van der Waals surface area contributed by atoms with Gasteiger partial charge in [0.05, 0.1) is 0 Å². The molecule has 0 unspecified atom stereocenters. The highest BCUT2D eigenvalue weighted by molar-refractivity contribution is 5.79. The standard InChI is InChI=1S/C10H20N4O3/c1-2-3-5-10(14-17,8(15)16)6-4-7-13-9(11)12/h2-7H2,1H3,(H,15,16)(H4,11,12,13)/t10-/m0/s1. The van der Waals surface area contributed by atoms with Gasteiger partial charge in [-0.25, -0.2) is 4.79 Å². The van der Waals surface area contributed by atoms with Crippen molar-refractivity contribution < 1.29 is 9.90 Å². The molecule has 0 aromatic heterocycles. The van der Waals surface area contributed by atoms with Crippen LogP contribution in [0, 0.1) is 4.91 Å². The van der Waals surface area contributed by atoms with Gasteiger partial charge in [0.2, 0.25) is 0 Å². The van der Waals surface area contributed by atoms with Crippen molar-refractivity contribution in [1.29, 1.82) is 0 Å². The second kappa shape index (κ2) is 7.59. The van der Waals surface area contributed by atoms with E-state index in [1.807, 2.05) is 6.92 Å². The minimum absolute atomic E-state index is 0.0430. The van der Waals surface area contributed by atoms with Crippen LogP contribution in [0.15, 0.2) is 10.2 Å². The summed E-state index contributed by atoms with van der Waals surface area (Å²) in [5, 5.41) is 11.9. The van der Waals surface area contributed by atoms with E-state index in [9.17, 15) is 9.70 Å². The van der Waals surface area contributed by atoms with Gasteiger partial charge < -0.3 is 16.6 Å². The SMILES string of the molecule is CCCC[C@@](CCCN=C(N)N)(N=O)C(=O)O. The van der Waals surface area contributed by atoms with Gasteiger partial charge in [-0.15, -0.1) is 4.91 Å². The molecule has 0 saturated heterocycles. The number of nitrogens with two attached hydrogens (primary N) is 2. The maximum atomic E-state index is 11.1. The molecule has 0 amide bonds. The number of guanidine groups is 1. The van der Waals surface area contributed by atoms with Gasteiger partial charge in [-0.2, -0.15) is 0 Å². The van der Waals surface area contributed by atoms with Crippen molar-refractivity contribution in [2.75, 3.05) is 6.54 Å². The van der Waals surface area contributed by atoms with E-state index >= 15 is 0 Å². The third kappa shape index (κ3) is 5.28. The fourth-order valence-corrected chi connectivity index (χ4v) is 1.52. The lowest BCUT2D eigenvalue weighted by Gasteiger charge is -2.20. The van der Waals surface area contributed by atoms with Crippen molar-refractivity contribution in [3.63, 3.8) is 0 Å². The predicted molar refractivity (Wildman–Crippen MR) is 65.6 cm³/mol. The van der Waals surface area contributed by atoms with E-state index < -0.39 is 11.5 Å². The molecule has 0 spiro atoms. The maximum absolute atomic E-state index is 11.1. The van der Waals surface area contributed by atoms with E-state index in [-0.39, 0.29) is 18.8 Å². The Bertz CT molecular complexity index is 289. The van der Waals surface area contributed by atoms with Crippen molar-refractivity contribution in [1.82, 2.24) is 0 Å². The first-order valence-corrected chi connectivity index (χ1v) is 5.62. The molecule has 0 aromatic rings. The number of unbranched alkanes of at least 4 members (excludes halogenated alkanes) is 1. The molecule has 0 rings (SSSR count). The van der Waals surface area contributed by atoms with E-state index in [4.69, 9.17) is 16.6 Å². The Labute approximate surface area is 100 Å². The Morgan fingerprint density at radius 1 is 1.29 bits per heavy atom. The van der Waals surface area contributed by atoms with Crippen LogP contribution in [0.5, 0.6) is 0 Å². The maximum Gasteiger partial charge on any atom is 0.335 e. The number of carbonyl (C=O) groups is 1. The van der Waals surface area contributed by atoms with Crippen molar-refractivity contribution in [2.45, 2.75) is 44.6 Å². The molecule has 5 N–H and O–H groups in total. The molecule has 7 heteroatoms. The Kier molecular flexibility index (Phi) is 6.85. The zero-order valence-electron chi connectivity index (χ0n) is 10.1. The fourth-order valence-electron chi connectivity index (χ4n) is 1.52. The van der Waals surface area contributed by atoms with Gasteiger partial charge in [-0.3, -0.25) is 4.99 Å². The summed E-state index contributed by atoms with van der Waals surface area (Å²) in [7, 11) is 0. The Balaban J connectivity index is 4.42. The second-order valence-electron chi connectivity index (χ2n) is 3.94. The fraction of sp³-hybridized carbons (Fsp3) is 0.800. The van der Waals surface area contributed by atoms with Crippen LogP contribution in [-0.2, 0) is 4.79 Å². The number of nitrogens with zero attached hydrogens (tertiary/aromatic N) is 2. The molecule has 0 radical (unpaired) electrons. The highest BCUT2D eigenvalue weighted by atomic mass is 16.4. The number of nitroso groups, excluding NO2 is 1. The predicted octanol–water partition coefficient (Wildman–Crippen LogP) is 0.820. The second-order valence-corrected chi connectivity index (χ2v) is 3.94. The van der Waals surface area contributed by atoms with Gasteiger partial charge in [0, 0.05) is 6.54 Å². The lowest BCUT2D eigenvalue weighted by molar-refractivity contribution is -0.143. The number of rotatable bonds is 9. The van der Waals surface area contributed by atoms with Gasteiger partial charge in [0.25, 0.3) is 0 Å². The highest BCUT2D eigenvalue weighted by Gasteiger charge is 2.39. The largest absolute Gasteiger partial charge is 0.479 e. The van der Waals surface area contributed by atoms with Crippen molar-refractivity contribution in [2.24, 2.45) is 21.6 Å². The molecule has 0 fully saturated rings. The molecule has 0 bridgehead atoms. The lowest BCUT2D eigenvalue weighted by atomic mass is 9.89. The molecule has 17 heavy (non-hydrogen) atoms. The summed E-state index contributed by atoms with van der Waals surface area (Å²) in [6.45, 7) is 2.23. The third-order valence-corrected chi connectivity index (χ3v) is 2.56. The van der Waals surface area contributed by atoms with Gasteiger partial charge in [-0.05, 0) is 19.3 Å². The molecule has 98 valence electrons. The summed E-state index contributed by atoms with van der Waals surface area (Å²) in [6.07, 6.45) is 2.30. The number of hydrogen-bond donors (Lipinski definition) is 3. The third-order valence-electron chi connectivity index (χ3n) is 2.56. The first-order chi connectivity index (χ1) is 7.98. The van der Waals surface area contributed by atoms with Crippen LogP contribution in [-0.4, -0.2) is 29.1 Å². The van der Waals surface area contributed by atoms with Crippen molar-refractivity contribution in [3.05, 3.63) is 4.91 Å². The molecular formula is C10H20N4O3. The van der Waals surface area contributed by atoms with Crippen LogP contribution in [0.2, 0.25) is 0 Å². The molecule has 0 saturated carbocycles. The number of hydrogen-bond acceptors (Lipinski definition) is 4. The van der Waals surface area contributed by atoms with Gasteiger partial charge in [-0.1, -0.05) is 24.9 Å². The van der Waals surface area contributed by atoms with Crippen LogP contribution in [0.1, 0.15) is 39.0 Å². The first kappa shape index (κ1) is 15.3. The molecule has 1 atom stereocenters. The van der Waals surface area contributed by atoms with E-state index in [1.54, 1.807) is 0 Å². The Morgan fingerprint density at radius 2 is 1.88 bits per heavy atom. The van der Waals surface area contributed by atoms with Gasteiger partial charge in [0.15, 0.2) is 11.5 Å². The summed E-state index contributed by atoms with van der Waals surface area (Å²) in [5.74, 6) is -1.22. The monoisotopic (exact) mass is 244 g/mol. The molecule has 7 nitrogen and oxygen atoms in total. The normalized spacial score (nSPS) is 13.7. The van der Waals surface area contributed by atoms with E-state index in [1.165, 1.54) is 0 Å². The molecule has 0 aliphatic carbocycles. The van der Waals surface area contributed by atoms with Crippen LogP contribution >= 0.6 is 0 Å². The lowest BCUT2D eigenvalue weighted by Crippen LogP contribution is -2.36. The zero-order valence-corrected chi connectivity index (χ0v) is 10.1. The number of aliphatic carboxylic acids is 1. The summed E-state index contributed by atoms with van der Waals surface area (Å²) in [4.78, 5) is 25.6. The van der Waals surface area contributed by atoms with Crippen molar-refractivity contribution in [3.8, 4) is 0 Å². The zero-order chi connectivity index (χ0) is 13.3. The van der Waals surface area contributed by atoms with E-state index in [2.05, 4.69) is 10.2 Å². The number of carboxylic acids is 1. The smallest absolute Gasteiger partial charge is 0.335 e. The number of carboxylic acid groups (broad SMARTS) is 1. The Hall–Kier alpha value is -1.66. The topological polar surface area (TPSA) is 131 Å². The molecule has 0 heterocycles. The van der Waals surface area contributed by atoms with Crippen LogP contribution in [0.3, 0.4) is 0 Å². The van der Waals surface area contributed by atoms with Gasteiger partial charge in [0.1, 0.15) is 0 Å². The van der Waals surface area contributed by atoms with Crippen LogP contribution < -0.4 is 11.5 Å². The van der Waals surface area contributed by atoms with Gasteiger partial charge >= 0.3 is 5.97 Å². The average Bonchev–Trinajstić information content (AvgIpc) is 2.28. The summed E-state index contributed by atoms with van der Waals surface area (Å²) in [6, 6.07) is 0. The molecule has 0 aliphatic rings. The quantitative estimate of drug-likeness (QED) is 0.239. The van der Waals surface area contributed by atoms with Crippen LogP contribution in [0.4, 0.5) is 0 Å². The minimum Gasteiger partial charge on any atom is -0.479 e. The van der Waals surface area contributed by atoms with Crippen LogP contribution in [0.25, 0.3) is 0 Å². The summed E-state index contributed by atoms with van der Waals surface area (Å²) < 4.78 is 0. The number of aliphatic imine (C=N–C) groups is 1. The first-order valence-electron chi connectivity index (χ1n) is 5.62. The molecular weight excluding hydrogens is 224 g/mol. The van der Waals surface area contributed by atoms with Crippen molar-refractivity contribution >= 4 is 11.9 Å². The summed E-state index contributed by atoms with van der Waals surface area (Å²) >= 11 is 0. The molecule has 0 aromatic carbocycles. The van der Waals surface area contributed by atoms with E-state index in [0.29, 0.717) is 19.4 Å². The summed E-state index contributed by atoms with van der Waals surface area (Å²) in [5.41, 5.74) is 8.75. The average molecular weight is 244 g/mol. The minimum atomic E-state index is -1.53.